The summed E-state index contributed by atoms with van der Waals surface area (Å²) in [5.41, 5.74) is 0. The molecule has 0 aromatic carbocycles. The summed E-state index contributed by atoms with van der Waals surface area (Å²) in [5.74, 6) is 2.01. The Labute approximate surface area is 119 Å². The van der Waals surface area contributed by atoms with Crippen LogP contribution in [0.4, 0.5) is 11.8 Å². The van der Waals surface area contributed by atoms with Crippen molar-refractivity contribution in [2.75, 3.05) is 43.9 Å². The van der Waals surface area contributed by atoms with Crippen molar-refractivity contribution >= 4 is 23.4 Å². The molecule has 106 valence electrons. The minimum atomic E-state index is 0.574. The summed E-state index contributed by atoms with van der Waals surface area (Å²) in [4.78, 5) is 10.9. The molecule has 6 heteroatoms. The molecule has 1 fully saturated rings. The molecule has 1 aromatic rings. The van der Waals surface area contributed by atoms with Gasteiger partial charge in [-0.2, -0.15) is 4.98 Å². The van der Waals surface area contributed by atoms with Crippen LogP contribution in [0.5, 0.6) is 0 Å². The van der Waals surface area contributed by atoms with Crippen molar-refractivity contribution in [3.8, 4) is 0 Å². The predicted molar refractivity (Wildman–Crippen MR) is 79.9 cm³/mol. The zero-order chi connectivity index (χ0) is 13.7. The number of halogens is 1. The molecule has 0 aliphatic carbocycles. The number of hydrogen-bond donors (Lipinski definition) is 2. The molecule has 0 radical (unpaired) electrons. The van der Waals surface area contributed by atoms with E-state index in [0.29, 0.717) is 16.9 Å². The molecule has 1 aromatic heterocycles. The molecule has 1 saturated heterocycles. The Morgan fingerprint density at radius 1 is 1.42 bits per heavy atom. The summed E-state index contributed by atoms with van der Waals surface area (Å²) < 4.78 is 0. The molecule has 0 amide bonds. The largest absolute Gasteiger partial charge is 0.368 e. The van der Waals surface area contributed by atoms with Gasteiger partial charge in [-0.1, -0.05) is 18.5 Å². The number of hydrogen-bond acceptors (Lipinski definition) is 5. The highest BCUT2D eigenvalue weighted by Crippen LogP contribution is 2.22. The van der Waals surface area contributed by atoms with Crippen LogP contribution in [0.25, 0.3) is 0 Å². The first-order valence-electron chi connectivity index (χ1n) is 6.89. The van der Waals surface area contributed by atoms with E-state index in [-0.39, 0.29) is 0 Å². The van der Waals surface area contributed by atoms with Gasteiger partial charge in [0.05, 0.1) is 6.20 Å². The van der Waals surface area contributed by atoms with E-state index >= 15 is 0 Å². The fraction of sp³-hybridized carbons (Fsp3) is 0.692. The number of aromatic nitrogens is 2. The van der Waals surface area contributed by atoms with Crippen molar-refractivity contribution in [2.45, 2.75) is 19.8 Å². The summed E-state index contributed by atoms with van der Waals surface area (Å²) in [5, 5.41) is 6.84. The van der Waals surface area contributed by atoms with Crippen molar-refractivity contribution in [3.63, 3.8) is 0 Å². The molecular weight excluding hydrogens is 262 g/mol. The second-order valence-electron chi connectivity index (χ2n) is 4.90. The molecule has 0 bridgehead atoms. The van der Waals surface area contributed by atoms with Gasteiger partial charge in [0.2, 0.25) is 5.95 Å². The van der Waals surface area contributed by atoms with E-state index in [2.05, 4.69) is 32.4 Å². The van der Waals surface area contributed by atoms with Gasteiger partial charge in [-0.15, -0.1) is 0 Å². The van der Waals surface area contributed by atoms with Crippen LogP contribution in [0.1, 0.15) is 19.8 Å². The highest BCUT2D eigenvalue weighted by molar-refractivity contribution is 6.32. The number of nitrogens with zero attached hydrogens (tertiary/aromatic N) is 3. The van der Waals surface area contributed by atoms with E-state index in [1.54, 1.807) is 13.2 Å². The lowest BCUT2D eigenvalue weighted by atomic mass is 9.97. The van der Waals surface area contributed by atoms with E-state index in [1.807, 2.05) is 0 Å². The third kappa shape index (κ3) is 3.94. The quantitative estimate of drug-likeness (QED) is 0.869. The van der Waals surface area contributed by atoms with Gasteiger partial charge in [0.25, 0.3) is 0 Å². The van der Waals surface area contributed by atoms with Crippen LogP contribution in [-0.4, -0.2) is 48.1 Å². The molecule has 19 heavy (non-hydrogen) atoms. The van der Waals surface area contributed by atoms with Gasteiger partial charge >= 0.3 is 0 Å². The van der Waals surface area contributed by atoms with Gasteiger partial charge in [-0.25, -0.2) is 4.98 Å². The van der Waals surface area contributed by atoms with Gasteiger partial charge in [-0.05, 0) is 38.4 Å². The Balaban J connectivity index is 1.85. The van der Waals surface area contributed by atoms with Crippen molar-refractivity contribution in [2.24, 2.45) is 5.92 Å². The van der Waals surface area contributed by atoms with Gasteiger partial charge in [0, 0.05) is 13.6 Å². The Hall–Kier alpha value is -1.07. The SMILES string of the molecule is CCN1CCC(CNc2nc(NC)ncc2Cl)CC1. The van der Waals surface area contributed by atoms with Gasteiger partial charge < -0.3 is 15.5 Å². The Morgan fingerprint density at radius 2 is 2.16 bits per heavy atom. The molecular formula is C13H22ClN5. The minimum Gasteiger partial charge on any atom is -0.368 e. The smallest absolute Gasteiger partial charge is 0.224 e. The van der Waals surface area contributed by atoms with Crippen LogP contribution in [0, 0.1) is 5.92 Å². The van der Waals surface area contributed by atoms with E-state index in [9.17, 15) is 0 Å². The summed E-state index contributed by atoms with van der Waals surface area (Å²) in [6, 6.07) is 0. The molecule has 0 atom stereocenters. The zero-order valence-electron chi connectivity index (χ0n) is 11.6. The lowest BCUT2D eigenvalue weighted by Gasteiger charge is -2.31. The predicted octanol–water partition coefficient (Wildman–Crippen LogP) is 2.32. The molecule has 0 unspecified atom stereocenters. The first-order chi connectivity index (χ1) is 9.22. The normalized spacial score (nSPS) is 17.4. The minimum absolute atomic E-state index is 0.574. The molecule has 2 N–H and O–H groups in total. The molecule has 2 rings (SSSR count). The maximum Gasteiger partial charge on any atom is 0.224 e. The molecule has 1 aliphatic rings. The topological polar surface area (TPSA) is 53.1 Å². The Kier molecular flexibility index (Phi) is 5.22. The second kappa shape index (κ2) is 6.91. The monoisotopic (exact) mass is 283 g/mol. The van der Waals surface area contributed by atoms with Crippen LogP contribution in [-0.2, 0) is 0 Å². The molecule has 5 nitrogen and oxygen atoms in total. The average Bonchev–Trinajstić information content (AvgIpc) is 2.47. The maximum atomic E-state index is 6.09. The van der Waals surface area contributed by atoms with E-state index < -0.39 is 0 Å². The summed E-state index contributed by atoms with van der Waals surface area (Å²) >= 11 is 6.09. The van der Waals surface area contributed by atoms with Gasteiger partial charge in [-0.3, -0.25) is 0 Å². The third-order valence-corrected chi connectivity index (χ3v) is 3.96. The fourth-order valence-corrected chi connectivity index (χ4v) is 2.52. The van der Waals surface area contributed by atoms with Crippen molar-refractivity contribution in [1.29, 1.82) is 0 Å². The zero-order valence-corrected chi connectivity index (χ0v) is 12.4. The highest BCUT2D eigenvalue weighted by atomic mass is 35.5. The van der Waals surface area contributed by atoms with Crippen LogP contribution in [0.3, 0.4) is 0 Å². The summed E-state index contributed by atoms with van der Waals surface area (Å²) in [6.45, 7) is 6.70. The van der Waals surface area contributed by atoms with E-state index in [0.717, 1.165) is 18.9 Å². The van der Waals surface area contributed by atoms with Crippen molar-refractivity contribution < 1.29 is 0 Å². The fourth-order valence-electron chi connectivity index (χ4n) is 2.36. The summed E-state index contributed by atoms with van der Waals surface area (Å²) in [7, 11) is 1.80. The Bertz CT molecular complexity index is 404. The van der Waals surface area contributed by atoms with Crippen LogP contribution in [0.2, 0.25) is 5.02 Å². The Morgan fingerprint density at radius 3 is 2.79 bits per heavy atom. The first-order valence-corrected chi connectivity index (χ1v) is 7.27. The van der Waals surface area contributed by atoms with Gasteiger partial charge in [0.1, 0.15) is 10.8 Å². The standard InChI is InChI=1S/C13H22ClN5/c1-3-19-6-4-10(5-7-19)8-16-12-11(14)9-17-13(15-2)18-12/h9-10H,3-8H2,1-2H3,(H2,15,16,17,18). The van der Waals surface area contributed by atoms with Crippen LogP contribution < -0.4 is 10.6 Å². The van der Waals surface area contributed by atoms with Crippen LogP contribution >= 0.6 is 11.6 Å². The van der Waals surface area contributed by atoms with E-state index in [1.165, 1.54) is 25.9 Å². The molecule has 0 saturated carbocycles. The maximum absolute atomic E-state index is 6.09. The number of rotatable bonds is 5. The highest BCUT2D eigenvalue weighted by Gasteiger charge is 2.18. The first kappa shape index (κ1) is 14.3. The van der Waals surface area contributed by atoms with Crippen LogP contribution in [0.15, 0.2) is 6.20 Å². The summed E-state index contributed by atoms with van der Waals surface area (Å²) in [6.07, 6.45) is 4.10. The third-order valence-electron chi connectivity index (χ3n) is 3.68. The number of nitrogens with one attached hydrogen (secondary N) is 2. The molecule has 1 aliphatic heterocycles. The number of piperidine rings is 1. The van der Waals surface area contributed by atoms with Gasteiger partial charge in [0.15, 0.2) is 0 Å². The lowest BCUT2D eigenvalue weighted by Crippen LogP contribution is -2.35. The van der Waals surface area contributed by atoms with Crippen molar-refractivity contribution in [1.82, 2.24) is 14.9 Å². The van der Waals surface area contributed by atoms with E-state index in [4.69, 9.17) is 11.6 Å². The van der Waals surface area contributed by atoms with Crippen molar-refractivity contribution in [3.05, 3.63) is 11.2 Å². The molecule has 0 spiro atoms. The lowest BCUT2D eigenvalue weighted by molar-refractivity contribution is 0.198. The second-order valence-corrected chi connectivity index (χ2v) is 5.31. The average molecular weight is 284 g/mol. The number of anilines is 2. The number of likely N-dealkylation sites (tertiary alicyclic amines) is 1. The molecule has 2 heterocycles.